The van der Waals surface area contributed by atoms with Crippen molar-refractivity contribution in [3.63, 3.8) is 0 Å². The van der Waals surface area contributed by atoms with Crippen LogP contribution in [-0.4, -0.2) is 37.6 Å². The van der Waals surface area contributed by atoms with Gasteiger partial charge >= 0.3 is 5.69 Å². The number of aromatic amines is 2. The largest absolute Gasteiger partial charge is 0.494 e. The van der Waals surface area contributed by atoms with E-state index in [1.54, 1.807) is 12.1 Å². The number of benzene rings is 2. The summed E-state index contributed by atoms with van der Waals surface area (Å²) in [5.74, 6) is -0.326. The zero-order chi connectivity index (χ0) is 21.7. The highest BCUT2D eigenvalue weighted by Crippen LogP contribution is 2.39. The molecule has 0 saturated heterocycles. The number of nitrogens with zero attached hydrogens (tertiary/aromatic N) is 2. The molecule has 2 aromatic carbocycles. The quantitative estimate of drug-likeness (QED) is 0.479. The zero-order valence-electron chi connectivity index (χ0n) is 17.5. The lowest BCUT2D eigenvalue weighted by atomic mass is 9.93. The van der Waals surface area contributed by atoms with Crippen LogP contribution in [0.15, 0.2) is 58.1 Å². The molecule has 1 aliphatic heterocycles. The summed E-state index contributed by atoms with van der Waals surface area (Å²) in [7, 11) is 0. The number of fused-ring (bicyclic) bond motifs is 3. The second kappa shape index (κ2) is 7.28. The molecule has 0 saturated carbocycles. The minimum Gasteiger partial charge on any atom is -0.494 e. The maximum absolute atomic E-state index is 13.0. The number of nitrogens with one attached hydrogen (secondary N) is 2. The predicted molar refractivity (Wildman–Crippen MR) is 120 cm³/mol. The first-order valence-corrected chi connectivity index (χ1v) is 10.5. The van der Waals surface area contributed by atoms with Gasteiger partial charge in [0.05, 0.1) is 11.7 Å². The number of para-hydroxylation sites is 1. The van der Waals surface area contributed by atoms with E-state index in [9.17, 15) is 14.7 Å². The standard InChI is InChI=1S/C24H24N4O3/c1-3-27-13-12-17-16-6-4-5-7-18(16)25-20(17)21(27)19-22(29)26-24(31)28(23(19)30)15-10-8-14(2)9-11-15/h4-11,21,25,30H,3,12-13H2,1-2H3,(H,26,29,31)/t21-/m0/s1. The summed E-state index contributed by atoms with van der Waals surface area (Å²) >= 11 is 0. The van der Waals surface area contributed by atoms with Crippen LogP contribution >= 0.6 is 0 Å². The molecule has 0 bridgehead atoms. The summed E-state index contributed by atoms with van der Waals surface area (Å²) < 4.78 is 1.17. The average Bonchev–Trinajstić information content (AvgIpc) is 3.14. The molecule has 0 amide bonds. The molecule has 5 rings (SSSR count). The van der Waals surface area contributed by atoms with Crippen LogP contribution in [0.1, 0.15) is 35.3 Å². The highest BCUT2D eigenvalue weighted by molar-refractivity contribution is 5.85. The molecule has 3 N–H and O–H groups in total. The molecule has 31 heavy (non-hydrogen) atoms. The van der Waals surface area contributed by atoms with Crippen LogP contribution < -0.4 is 11.2 Å². The summed E-state index contributed by atoms with van der Waals surface area (Å²) in [4.78, 5) is 33.7. The Bertz CT molecular complexity index is 1400. The number of aryl methyl sites for hydroxylation is 1. The van der Waals surface area contributed by atoms with Crippen LogP contribution in [0.25, 0.3) is 16.6 Å². The molecule has 0 unspecified atom stereocenters. The first-order chi connectivity index (χ1) is 15.0. The first kappa shape index (κ1) is 19.4. The minimum absolute atomic E-state index is 0.175. The molecular formula is C24H24N4O3. The minimum atomic E-state index is -0.661. The van der Waals surface area contributed by atoms with Crippen LogP contribution in [0.5, 0.6) is 5.88 Å². The molecule has 7 heteroatoms. The van der Waals surface area contributed by atoms with Crippen molar-refractivity contribution in [2.75, 3.05) is 13.1 Å². The molecule has 2 aromatic heterocycles. The van der Waals surface area contributed by atoms with E-state index in [0.29, 0.717) is 12.2 Å². The summed E-state index contributed by atoms with van der Waals surface area (Å²) in [6, 6.07) is 14.8. The van der Waals surface area contributed by atoms with E-state index < -0.39 is 17.3 Å². The fourth-order valence-corrected chi connectivity index (χ4v) is 4.68. The number of aromatic hydroxyl groups is 1. The molecule has 3 heterocycles. The smallest absolute Gasteiger partial charge is 0.335 e. The Labute approximate surface area is 178 Å². The van der Waals surface area contributed by atoms with Gasteiger partial charge in [0.25, 0.3) is 5.56 Å². The van der Waals surface area contributed by atoms with Crippen LogP contribution in [-0.2, 0) is 6.42 Å². The molecule has 0 spiro atoms. The van der Waals surface area contributed by atoms with Gasteiger partial charge in [0.1, 0.15) is 5.56 Å². The summed E-state index contributed by atoms with van der Waals surface area (Å²) in [5, 5.41) is 12.4. The van der Waals surface area contributed by atoms with Gasteiger partial charge in [-0.1, -0.05) is 42.8 Å². The Kier molecular flexibility index (Phi) is 4.55. The van der Waals surface area contributed by atoms with Crippen molar-refractivity contribution in [3.8, 4) is 11.6 Å². The van der Waals surface area contributed by atoms with Crippen molar-refractivity contribution in [2.24, 2.45) is 0 Å². The third kappa shape index (κ3) is 3.00. The molecule has 1 atom stereocenters. The molecule has 1 aliphatic rings. The van der Waals surface area contributed by atoms with Crippen molar-refractivity contribution in [3.05, 3.63) is 91.8 Å². The second-order valence-corrected chi connectivity index (χ2v) is 8.01. The van der Waals surface area contributed by atoms with E-state index >= 15 is 0 Å². The Morgan fingerprint density at radius 1 is 1.06 bits per heavy atom. The highest BCUT2D eigenvalue weighted by atomic mass is 16.3. The lowest BCUT2D eigenvalue weighted by molar-refractivity contribution is 0.215. The van der Waals surface area contributed by atoms with Gasteiger partial charge < -0.3 is 10.1 Å². The third-order valence-corrected chi connectivity index (χ3v) is 6.23. The first-order valence-electron chi connectivity index (χ1n) is 10.5. The fourth-order valence-electron chi connectivity index (χ4n) is 4.68. The van der Waals surface area contributed by atoms with Gasteiger partial charge in [-0.3, -0.25) is 14.7 Å². The fraction of sp³-hybridized carbons (Fsp3) is 0.250. The Hall–Kier alpha value is -3.58. The van der Waals surface area contributed by atoms with E-state index in [0.717, 1.165) is 40.7 Å². The van der Waals surface area contributed by atoms with E-state index in [1.807, 2.05) is 44.2 Å². The topological polar surface area (TPSA) is 94.1 Å². The van der Waals surface area contributed by atoms with E-state index in [4.69, 9.17) is 0 Å². The van der Waals surface area contributed by atoms with Crippen molar-refractivity contribution in [1.82, 2.24) is 19.4 Å². The number of likely N-dealkylation sites (N-methyl/N-ethyl adjacent to an activating group) is 1. The number of aromatic nitrogens is 3. The van der Waals surface area contributed by atoms with Crippen molar-refractivity contribution < 1.29 is 5.11 Å². The normalized spacial score (nSPS) is 16.5. The molecule has 0 fully saturated rings. The second-order valence-electron chi connectivity index (χ2n) is 8.01. The van der Waals surface area contributed by atoms with Crippen molar-refractivity contribution in [2.45, 2.75) is 26.3 Å². The molecule has 158 valence electrons. The average molecular weight is 416 g/mol. The van der Waals surface area contributed by atoms with E-state index in [2.05, 4.69) is 20.9 Å². The lowest BCUT2D eigenvalue weighted by Crippen LogP contribution is -2.41. The monoisotopic (exact) mass is 416 g/mol. The van der Waals surface area contributed by atoms with Crippen LogP contribution in [0.3, 0.4) is 0 Å². The van der Waals surface area contributed by atoms with Crippen molar-refractivity contribution in [1.29, 1.82) is 0 Å². The summed E-state index contributed by atoms with van der Waals surface area (Å²) in [6.07, 6.45) is 0.847. The number of rotatable bonds is 3. The summed E-state index contributed by atoms with van der Waals surface area (Å²) in [6.45, 7) is 5.42. The summed E-state index contributed by atoms with van der Waals surface area (Å²) in [5.41, 5.74) is 3.52. The van der Waals surface area contributed by atoms with Gasteiger partial charge in [0, 0.05) is 23.1 Å². The van der Waals surface area contributed by atoms with Crippen LogP contribution in [0.2, 0.25) is 0 Å². The SMILES string of the molecule is CCN1CCc2c([nH]c3ccccc23)[C@@H]1c1c(O)n(-c2ccc(C)cc2)c(=O)[nH]c1=O. The zero-order valence-corrected chi connectivity index (χ0v) is 17.5. The number of H-pyrrole nitrogens is 2. The van der Waals surface area contributed by atoms with E-state index in [-0.39, 0.29) is 11.4 Å². The van der Waals surface area contributed by atoms with Crippen LogP contribution in [0.4, 0.5) is 0 Å². The number of hydrogen-bond donors (Lipinski definition) is 3. The molecule has 0 radical (unpaired) electrons. The maximum atomic E-state index is 13.0. The third-order valence-electron chi connectivity index (χ3n) is 6.23. The maximum Gasteiger partial charge on any atom is 0.335 e. The van der Waals surface area contributed by atoms with Crippen LogP contribution in [0, 0.1) is 6.92 Å². The highest BCUT2D eigenvalue weighted by Gasteiger charge is 2.35. The van der Waals surface area contributed by atoms with Gasteiger partial charge in [0.15, 0.2) is 0 Å². The Morgan fingerprint density at radius 3 is 2.55 bits per heavy atom. The molecule has 0 aliphatic carbocycles. The Balaban J connectivity index is 1.78. The van der Waals surface area contributed by atoms with Crippen molar-refractivity contribution >= 4 is 10.9 Å². The molecular weight excluding hydrogens is 392 g/mol. The van der Waals surface area contributed by atoms with Gasteiger partial charge in [-0.15, -0.1) is 0 Å². The molecule has 7 nitrogen and oxygen atoms in total. The van der Waals surface area contributed by atoms with Gasteiger partial charge in [0.2, 0.25) is 5.88 Å². The Morgan fingerprint density at radius 2 is 1.81 bits per heavy atom. The number of hydrogen-bond acceptors (Lipinski definition) is 4. The van der Waals surface area contributed by atoms with Gasteiger partial charge in [-0.2, -0.15) is 0 Å². The van der Waals surface area contributed by atoms with Gasteiger partial charge in [-0.25, -0.2) is 9.36 Å². The lowest BCUT2D eigenvalue weighted by Gasteiger charge is -2.35. The predicted octanol–water partition coefficient (Wildman–Crippen LogP) is 2.99. The molecule has 4 aromatic rings. The van der Waals surface area contributed by atoms with E-state index in [1.165, 1.54) is 4.57 Å². The van der Waals surface area contributed by atoms with Gasteiger partial charge in [-0.05, 0) is 43.7 Å².